The lowest BCUT2D eigenvalue weighted by molar-refractivity contribution is -0.137. The molecule has 1 heterocycles. The first kappa shape index (κ1) is 24.0. The van der Waals surface area contributed by atoms with E-state index in [2.05, 4.69) is 5.32 Å². The number of benzene rings is 3. The van der Waals surface area contributed by atoms with Crippen molar-refractivity contribution in [2.45, 2.75) is 26.1 Å². The van der Waals surface area contributed by atoms with Gasteiger partial charge in [-0.3, -0.25) is 14.2 Å². The number of alkyl halides is 3. The molecule has 0 aliphatic carbocycles. The van der Waals surface area contributed by atoms with Crippen LogP contribution < -0.4 is 10.9 Å². The predicted molar refractivity (Wildman–Crippen MR) is 130 cm³/mol. The highest BCUT2D eigenvalue weighted by Crippen LogP contribution is 2.31. The number of aromatic nitrogens is 1. The third-order valence-corrected chi connectivity index (χ3v) is 5.86. The minimum Gasteiger partial charge on any atom is -0.345 e. The Balaban J connectivity index is 1.88. The monoisotopic (exact) mass is 476 g/mol. The minimum absolute atomic E-state index is 0.0327. The average molecular weight is 476 g/mol. The van der Waals surface area contributed by atoms with Crippen LogP contribution in [0.3, 0.4) is 0 Å². The van der Waals surface area contributed by atoms with E-state index in [0.717, 1.165) is 23.3 Å². The summed E-state index contributed by atoms with van der Waals surface area (Å²) in [6.45, 7) is 3.45. The topological polar surface area (TPSA) is 51.1 Å². The van der Waals surface area contributed by atoms with Crippen molar-refractivity contribution in [2.75, 3.05) is 0 Å². The number of hydrogen-bond acceptors (Lipinski definition) is 2. The first-order chi connectivity index (χ1) is 16.7. The molecule has 0 fully saturated rings. The molecule has 0 saturated heterocycles. The van der Waals surface area contributed by atoms with E-state index in [9.17, 15) is 22.8 Å². The highest BCUT2D eigenvalue weighted by Gasteiger charge is 2.31. The van der Waals surface area contributed by atoms with Crippen molar-refractivity contribution in [1.82, 2.24) is 9.88 Å². The zero-order chi connectivity index (χ0) is 25.2. The Bertz CT molecular complexity index is 1410. The Kier molecular flexibility index (Phi) is 6.60. The van der Waals surface area contributed by atoms with E-state index in [1.165, 1.54) is 22.8 Å². The summed E-state index contributed by atoms with van der Waals surface area (Å²) in [7, 11) is 0. The average Bonchev–Trinajstić information content (AvgIpc) is 2.85. The van der Waals surface area contributed by atoms with Gasteiger partial charge in [0.05, 0.1) is 11.6 Å². The van der Waals surface area contributed by atoms with Crippen LogP contribution in [0.2, 0.25) is 0 Å². The number of carbonyl (C=O) groups is 1. The molecule has 7 heteroatoms. The summed E-state index contributed by atoms with van der Waals surface area (Å²) in [5.41, 5.74) is 0.882. The first-order valence-corrected chi connectivity index (χ1v) is 11.0. The van der Waals surface area contributed by atoms with Crippen LogP contribution in [-0.2, 0) is 6.18 Å². The number of rotatable bonds is 5. The first-order valence-electron chi connectivity index (χ1n) is 11.0. The molecule has 35 heavy (non-hydrogen) atoms. The highest BCUT2D eigenvalue weighted by molar-refractivity contribution is 5.95. The maximum atomic E-state index is 13.5. The number of nitrogens with one attached hydrogen (secondary N) is 1. The molecular formula is C28H23F3N2O2. The van der Waals surface area contributed by atoms with E-state index in [4.69, 9.17) is 0 Å². The standard InChI is InChI=1S/C28H23F3N2O2/c1-18(20-10-5-3-6-11-20)32-26(34)25-17-24(21-12-7-4-8-13-21)19(2)33(27(25)35)23-15-9-14-22(16-23)28(29,30)31/h3-18H,1-2H3,(H,32,34). The van der Waals surface area contributed by atoms with Crippen molar-refractivity contribution in [3.63, 3.8) is 0 Å². The lowest BCUT2D eigenvalue weighted by Gasteiger charge is -2.19. The van der Waals surface area contributed by atoms with Crippen LogP contribution in [0.5, 0.6) is 0 Å². The smallest absolute Gasteiger partial charge is 0.345 e. The zero-order valence-electron chi connectivity index (χ0n) is 19.1. The number of carbonyl (C=O) groups excluding carboxylic acids is 1. The van der Waals surface area contributed by atoms with Gasteiger partial charge in [-0.05, 0) is 49.2 Å². The molecule has 1 unspecified atom stereocenters. The van der Waals surface area contributed by atoms with Crippen LogP contribution in [-0.4, -0.2) is 10.5 Å². The fraction of sp³-hybridized carbons (Fsp3) is 0.143. The van der Waals surface area contributed by atoms with Crippen molar-refractivity contribution in [3.05, 3.63) is 124 Å². The summed E-state index contributed by atoms with van der Waals surface area (Å²) in [4.78, 5) is 26.8. The Morgan fingerprint density at radius 2 is 1.51 bits per heavy atom. The maximum absolute atomic E-state index is 13.5. The summed E-state index contributed by atoms with van der Waals surface area (Å²) in [5, 5.41) is 2.83. The number of amides is 1. The van der Waals surface area contributed by atoms with Crippen LogP contribution >= 0.6 is 0 Å². The van der Waals surface area contributed by atoms with Crippen LogP contribution in [0.4, 0.5) is 13.2 Å². The van der Waals surface area contributed by atoms with Gasteiger partial charge in [0.2, 0.25) is 0 Å². The molecule has 0 aliphatic rings. The number of nitrogens with zero attached hydrogens (tertiary/aromatic N) is 1. The molecule has 0 spiro atoms. The quantitative estimate of drug-likeness (QED) is 0.366. The molecule has 0 radical (unpaired) electrons. The Labute approximate surface area is 200 Å². The lowest BCUT2D eigenvalue weighted by Crippen LogP contribution is -2.35. The molecule has 0 aliphatic heterocycles. The van der Waals surface area contributed by atoms with Crippen LogP contribution in [0.1, 0.15) is 40.1 Å². The zero-order valence-corrected chi connectivity index (χ0v) is 19.1. The summed E-state index contributed by atoms with van der Waals surface area (Å²) < 4.78 is 41.3. The van der Waals surface area contributed by atoms with E-state index in [-0.39, 0.29) is 17.3 Å². The van der Waals surface area contributed by atoms with Crippen molar-refractivity contribution < 1.29 is 18.0 Å². The van der Waals surface area contributed by atoms with Crippen LogP contribution in [0.15, 0.2) is 95.8 Å². The number of hydrogen-bond donors (Lipinski definition) is 1. The normalized spacial score (nSPS) is 12.3. The third kappa shape index (κ3) is 5.04. The van der Waals surface area contributed by atoms with Gasteiger partial charge in [-0.2, -0.15) is 13.2 Å². The van der Waals surface area contributed by atoms with Crippen molar-refractivity contribution >= 4 is 5.91 Å². The van der Waals surface area contributed by atoms with Crippen LogP contribution in [0.25, 0.3) is 16.8 Å². The van der Waals surface area contributed by atoms with Gasteiger partial charge in [0.25, 0.3) is 11.5 Å². The molecular weight excluding hydrogens is 453 g/mol. The molecule has 0 saturated carbocycles. The van der Waals surface area contributed by atoms with Crippen molar-refractivity contribution in [1.29, 1.82) is 0 Å². The molecule has 1 N–H and O–H groups in total. The summed E-state index contributed by atoms with van der Waals surface area (Å²) in [6.07, 6.45) is -4.57. The second-order valence-corrected chi connectivity index (χ2v) is 8.22. The Morgan fingerprint density at radius 3 is 2.14 bits per heavy atom. The van der Waals surface area contributed by atoms with Crippen molar-refractivity contribution in [3.8, 4) is 16.8 Å². The predicted octanol–water partition coefficient (Wildman–Crippen LogP) is 6.32. The summed E-state index contributed by atoms with van der Waals surface area (Å²) >= 11 is 0. The van der Waals surface area contributed by atoms with Gasteiger partial charge in [0.1, 0.15) is 5.56 Å². The molecule has 4 aromatic rings. The van der Waals surface area contributed by atoms with E-state index >= 15 is 0 Å². The Hall–Kier alpha value is -4.13. The second-order valence-electron chi connectivity index (χ2n) is 8.22. The van der Waals surface area contributed by atoms with E-state index in [0.29, 0.717) is 11.3 Å². The Morgan fingerprint density at radius 1 is 0.886 bits per heavy atom. The molecule has 3 aromatic carbocycles. The molecule has 1 atom stereocenters. The van der Waals surface area contributed by atoms with Gasteiger partial charge in [-0.25, -0.2) is 0 Å². The summed E-state index contributed by atoms with van der Waals surface area (Å²) in [5.74, 6) is -0.607. The van der Waals surface area contributed by atoms with E-state index in [1.807, 2.05) is 60.7 Å². The fourth-order valence-corrected chi connectivity index (χ4v) is 4.01. The lowest BCUT2D eigenvalue weighted by atomic mass is 10.0. The molecule has 1 amide bonds. The van der Waals surface area contributed by atoms with Gasteiger partial charge in [-0.1, -0.05) is 66.7 Å². The van der Waals surface area contributed by atoms with Crippen molar-refractivity contribution in [2.24, 2.45) is 0 Å². The minimum atomic E-state index is -4.57. The highest BCUT2D eigenvalue weighted by atomic mass is 19.4. The molecule has 4 rings (SSSR count). The number of halogens is 3. The third-order valence-electron chi connectivity index (χ3n) is 5.86. The summed E-state index contributed by atoms with van der Waals surface area (Å²) in [6, 6.07) is 24.0. The SMILES string of the molecule is Cc1c(-c2ccccc2)cc(C(=O)NC(C)c2ccccc2)c(=O)n1-c1cccc(C(F)(F)F)c1. The molecule has 4 nitrogen and oxygen atoms in total. The van der Waals surface area contributed by atoms with E-state index in [1.54, 1.807) is 13.8 Å². The van der Waals surface area contributed by atoms with Gasteiger partial charge in [0, 0.05) is 16.9 Å². The molecule has 178 valence electrons. The van der Waals surface area contributed by atoms with Gasteiger partial charge < -0.3 is 5.32 Å². The van der Waals surface area contributed by atoms with Crippen LogP contribution in [0, 0.1) is 6.92 Å². The maximum Gasteiger partial charge on any atom is 0.416 e. The van der Waals surface area contributed by atoms with Gasteiger partial charge in [0.15, 0.2) is 0 Å². The molecule has 1 aromatic heterocycles. The fourth-order valence-electron chi connectivity index (χ4n) is 4.01. The largest absolute Gasteiger partial charge is 0.416 e. The number of pyridine rings is 1. The van der Waals surface area contributed by atoms with Gasteiger partial charge >= 0.3 is 6.18 Å². The molecule has 0 bridgehead atoms. The second kappa shape index (κ2) is 9.62. The van der Waals surface area contributed by atoms with Gasteiger partial charge in [-0.15, -0.1) is 0 Å². The van der Waals surface area contributed by atoms with E-state index < -0.39 is 23.2 Å².